The van der Waals surface area contributed by atoms with Crippen LogP contribution < -0.4 is 5.32 Å². The van der Waals surface area contributed by atoms with Gasteiger partial charge in [-0.2, -0.15) is 13.2 Å². The molecule has 1 amide bonds. The van der Waals surface area contributed by atoms with E-state index in [2.05, 4.69) is 10.3 Å². The predicted molar refractivity (Wildman–Crippen MR) is 74.8 cm³/mol. The minimum Gasteiger partial charge on any atom is -0.445 e. The van der Waals surface area contributed by atoms with Crippen molar-refractivity contribution in [2.75, 3.05) is 5.32 Å². The first-order valence-electron chi connectivity index (χ1n) is 6.26. The molecule has 4 nitrogen and oxygen atoms in total. The summed E-state index contributed by atoms with van der Waals surface area (Å²) >= 11 is 5.51. The Morgan fingerprint density at radius 1 is 1.36 bits per heavy atom. The second-order valence-corrected chi connectivity index (χ2v) is 5.07. The van der Waals surface area contributed by atoms with E-state index in [0.29, 0.717) is 17.3 Å². The van der Waals surface area contributed by atoms with E-state index in [1.165, 1.54) is 6.07 Å². The zero-order chi connectivity index (χ0) is 16.5. The molecule has 0 aliphatic carbocycles. The Balaban J connectivity index is 2.14. The lowest BCUT2D eigenvalue weighted by atomic mass is 10.2. The van der Waals surface area contributed by atoms with Gasteiger partial charge < -0.3 is 9.73 Å². The molecule has 8 heteroatoms. The van der Waals surface area contributed by atoms with Gasteiger partial charge in [-0.05, 0) is 25.1 Å². The molecule has 0 bridgehead atoms. The van der Waals surface area contributed by atoms with E-state index in [4.69, 9.17) is 16.0 Å². The zero-order valence-electron chi connectivity index (χ0n) is 11.7. The molecule has 0 unspecified atom stereocenters. The highest BCUT2D eigenvalue weighted by Crippen LogP contribution is 2.36. The summed E-state index contributed by atoms with van der Waals surface area (Å²) in [5.74, 6) is 0.292. The van der Waals surface area contributed by atoms with E-state index in [-0.39, 0.29) is 12.1 Å². The lowest BCUT2D eigenvalue weighted by molar-refractivity contribution is -0.137. The van der Waals surface area contributed by atoms with E-state index < -0.39 is 22.7 Å². The van der Waals surface area contributed by atoms with Crippen molar-refractivity contribution in [1.82, 2.24) is 4.98 Å². The number of hydrogen-bond donors (Lipinski definition) is 1. The van der Waals surface area contributed by atoms with E-state index >= 15 is 0 Å². The van der Waals surface area contributed by atoms with Gasteiger partial charge in [-0.15, -0.1) is 0 Å². The molecule has 118 valence electrons. The van der Waals surface area contributed by atoms with E-state index in [9.17, 15) is 18.0 Å². The van der Waals surface area contributed by atoms with Gasteiger partial charge in [-0.1, -0.05) is 11.6 Å². The normalized spacial score (nSPS) is 11.5. The summed E-state index contributed by atoms with van der Waals surface area (Å²) in [4.78, 5) is 15.9. The van der Waals surface area contributed by atoms with Crippen molar-refractivity contribution in [3.63, 3.8) is 0 Å². The van der Waals surface area contributed by atoms with Crippen LogP contribution >= 0.6 is 11.6 Å². The molecular weight excluding hydrogens is 321 g/mol. The lowest BCUT2D eigenvalue weighted by Crippen LogP contribution is -2.15. The topological polar surface area (TPSA) is 55.1 Å². The van der Waals surface area contributed by atoms with Gasteiger partial charge in [0.05, 0.1) is 22.7 Å². The van der Waals surface area contributed by atoms with Crippen LogP contribution in [0.4, 0.5) is 18.9 Å². The van der Waals surface area contributed by atoms with Gasteiger partial charge in [-0.3, -0.25) is 4.79 Å². The maximum atomic E-state index is 12.7. The van der Waals surface area contributed by atoms with Gasteiger partial charge in [0.15, 0.2) is 5.89 Å². The van der Waals surface area contributed by atoms with Gasteiger partial charge >= 0.3 is 6.18 Å². The van der Waals surface area contributed by atoms with Crippen molar-refractivity contribution >= 4 is 23.2 Å². The van der Waals surface area contributed by atoms with Crippen molar-refractivity contribution in [3.05, 3.63) is 46.1 Å². The lowest BCUT2D eigenvalue weighted by Gasteiger charge is -2.11. The number of benzene rings is 1. The van der Waals surface area contributed by atoms with Crippen LogP contribution in [-0.2, 0) is 17.4 Å². The quantitative estimate of drug-likeness (QED) is 0.918. The minimum atomic E-state index is -4.59. The molecule has 0 fully saturated rings. The number of rotatable bonds is 3. The van der Waals surface area contributed by atoms with E-state index in [1.54, 1.807) is 13.8 Å². The SMILES string of the molecule is Cc1nc(C)c(CC(=O)Nc2ccc(Cl)c(C(F)(F)F)c2)o1. The third kappa shape index (κ3) is 3.79. The van der Waals surface area contributed by atoms with Crippen LogP contribution in [-0.4, -0.2) is 10.9 Å². The number of nitrogens with one attached hydrogen (secondary N) is 1. The van der Waals surface area contributed by atoms with Crippen molar-refractivity contribution in [2.24, 2.45) is 0 Å². The third-order valence-corrected chi connectivity index (χ3v) is 3.21. The minimum absolute atomic E-state index is 0.00983. The van der Waals surface area contributed by atoms with Gasteiger partial charge in [0, 0.05) is 12.6 Å². The Morgan fingerprint density at radius 2 is 2.05 bits per heavy atom. The Kier molecular flexibility index (Phi) is 4.46. The highest BCUT2D eigenvalue weighted by molar-refractivity contribution is 6.31. The number of aromatic nitrogens is 1. The summed E-state index contributed by atoms with van der Waals surface area (Å²) in [7, 11) is 0. The summed E-state index contributed by atoms with van der Waals surface area (Å²) in [6.07, 6.45) is -4.70. The molecule has 0 saturated heterocycles. The number of anilines is 1. The first-order chi connectivity index (χ1) is 10.2. The molecule has 0 atom stereocenters. The molecule has 1 N–H and O–H groups in total. The second kappa shape index (κ2) is 6.00. The number of amides is 1. The van der Waals surface area contributed by atoms with Gasteiger partial charge in [0.25, 0.3) is 0 Å². The van der Waals surface area contributed by atoms with E-state index in [1.807, 2.05) is 0 Å². The molecule has 0 radical (unpaired) electrons. The monoisotopic (exact) mass is 332 g/mol. The molecule has 0 aliphatic heterocycles. The molecule has 0 saturated carbocycles. The Bertz CT molecular complexity index is 711. The van der Waals surface area contributed by atoms with Crippen LogP contribution in [0.2, 0.25) is 5.02 Å². The first-order valence-corrected chi connectivity index (χ1v) is 6.64. The Morgan fingerprint density at radius 3 is 2.59 bits per heavy atom. The Hall–Kier alpha value is -2.02. The number of carbonyl (C=O) groups excluding carboxylic acids is 1. The number of oxazole rings is 1. The summed E-state index contributed by atoms with van der Waals surface area (Å²) in [5, 5.41) is 1.96. The van der Waals surface area contributed by atoms with Crippen molar-refractivity contribution in [3.8, 4) is 0 Å². The largest absolute Gasteiger partial charge is 0.445 e. The van der Waals surface area contributed by atoms with E-state index in [0.717, 1.165) is 12.1 Å². The van der Waals surface area contributed by atoms with Gasteiger partial charge in [0.1, 0.15) is 5.76 Å². The fourth-order valence-corrected chi connectivity index (χ4v) is 2.13. The number of carbonyl (C=O) groups is 1. The highest BCUT2D eigenvalue weighted by atomic mass is 35.5. The predicted octanol–water partition coefficient (Wildman–Crippen LogP) is 4.14. The molecule has 2 aromatic rings. The average Bonchev–Trinajstić information content (AvgIpc) is 2.68. The average molecular weight is 333 g/mol. The smallest absolute Gasteiger partial charge is 0.417 e. The molecular formula is C14H12ClF3N2O2. The van der Waals surface area contributed by atoms with Crippen molar-refractivity contribution in [2.45, 2.75) is 26.4 Å². The van der Waals surface area contributed by atoms with Crippen molar-refractivity contribution < 1.29 is 22.4 Å². The van der Waals surface area contributed by atoms with Crippen LogP contribution in [0.15, 0.2) is 22.6 Å². The van der Waals surface area contributed by atoms with Crippen LogP contribution in [0, 0.1) is 13.8 Å². The van der Waals surface area contributed by atoms with Gasteiger partial charge in [0.2, 0.25) is 5.91 Å². The molecule has 22 heavy (non-hydrogen) atoms. The Labute approximate surface area is 129 Å². The van der Waals surface area contributed by atoms with Crippen LogP contribution in [0.25, 0.3) is 0 Å². The number of aryl methyl sites for hydroxylation is 2. The van der Waals surface area contributed by atoms with Crippen molar-refractivity contribution in [1.29, 1.82) is 0 Å². The zero-order valence-corrected chi connectivity index (χ0v) is 12.5. The fourth-order valence-electron chi connectivity index (χ4n) is 1.91. The van der Waals surface area contributed by atoms with Gasteiger partial charge in [-0.25, -0.2) is 4.98 Å². The standard InChI is InChI=1S/C14H12ClF3N2O2/c1-7-12(22-8(2)19-7)6-13(21)20-9-3-4-11(15)10(5-9)14(16,17)18/h3-5H,6H2,1-2H3,(H,20,21). The summed E-state index contributed by atoms with van der Waals surface area (Å²) in [6, 6.07) is 3.18. The number of alkyl halides is 3. The summed E-state index contributed by atoms with van der Waals surface area (Å²) in [5.41, 5.74) is -0.422. The maximum absolute atomic E-state index is 12.7. The third-order valence-electron chi connectivity index (χ3n) is 2.88. The number of halogens is 4. The number of hydrogen-bond acceptors (Lipinski definition) is 3. The fraction of sp³-hybridized carbons (Fsp3) is 0.286. The van der Waals surface area contributed by atoms with Crippen LogP contribution in [0.3, 0.4) is 0 Å². The van der Waals surface area contributed by atoms with Crippen LogP contribution in [0.1, 0.15) is 22.9 Å². The number of nitrogens with zero attached hydrogens (tertiary/aromatic N) is 1. The molecule has 1 heterocycles. The van der Waals surface area contributed by atoms with Crippen LogP contribution in [0.5, 0.6) is 0 Å². The molecule has 1 aromatic heterocycles. The molecule has 0 aliphatic rings. The molecule has 0 spiro atoms. The maximum Gasteiger partial charge on any atom is 0.417 e. The second-order valence-electron chi connectivity index (χ2n) is 4.66. The summed E-state index contributed by atoms with van der Waals surface area (Å²) < 4.78 is 43.5. The first kappa shape index (κ1) is 16.4. The highest BCUT2D eigenvalue weighted by Gasteiger charge is 2.33. The molecule has 1 aromatic carbocycles. The summed E-state index contributed by atoms with van der Waals surface area (Å²) in [6.45, 7) is 3.33. The molecule has 2 rings (SSSR count).